The molecule has 78 valence electrons. The van der Waals surface area contributed by atoms with E-state index in [1.165, 1.54) is 17.6 Å². The van der Waals surface area contributed by atoms with Crippen molar-refractivity contribution < 1.29 is 13.9 Å². The molecule has 0 spiro atoms. The lowest BCUT2D eigenvalue weighted by atomic mass is 10.2. The topological polar surface area (TPSA) is 39.4 Å². The first-order chi connectivity index (χ1) is 7.24. The Labute approximate surface area is 91.3 Å². The van der Waals surface area contributed by atoms with E-state index >= 15 is 0 Å². The van der Waals surface area contributed by atoms with Crippen LogP contribution in [-0.4, -0.2) is 12.9 Å². The molecule has 2 aromatic rings. The Morgan fingerprint density at radius 3 is 2.87 bits per heavy atom. The van der Waals surface area contributed by atoms with Crippen LogP contribution in [0.3, 0.4) is 0 Å². The van der Waals surface area contributed by atoms with Crippen LogP contribution in [0.4, 0.5) is 0 Å². The van der Waals surface area contributed by atoms with Gasteiger partial charge in [0.25, 0.3) is 0 Å². The Kier molecular flexibility index (Phi) is 2.60. The molecular weight excluding hydrogens is 212 g/mol. The van der Waals surface area contributed by atoms with Gasteiger partial charge in [0, 0.05) is 0 Å². The Balaban J connectivity index is 2.41. The van der Waals surface area contributed by atoms with E-state index in [-0.39, 0.29) is 5.78 Å². The van der Waals surface area contributed by atoms with Crippen LogP contribution in [0.2, 0.25) is 0 Å². The molecule has 0 N–H and O–H groups in total. The normalized spacial score (nSPS) is 10.3. The van der Waals surface area contributed by atoms with Crippen LogP contribution >= 0.6 is 11.3 Å². The van der Waals surface area contributed by atoms with Crippen molar-refractivity contribution in [2.45, 2.75) is 6.92 Å². The van der Waals surface area contributed by atoms with Gasteiger partial charge in [-0.05, 0) is 30.0 Å². The smallest absolute Gasteiger partial charge is 0.242 e. The molecule has 0 aromatic carbocycles. The standard InChI is InChI=1S/C11H10O3S/c1-7-3-5-14-10(7)9(12)11-8(13-2)4-6-15-11/h3-6H,1-2H3. The minimum Gasteiger partial charge on any atom is -0.495 e. The highest BCUT2D eigenvalue weighted by molar-refractivity contribution is 7.12. The van der Waals surface area contributed by atoms with Crippen LogP contribution < -0.4 is 4.74 Å². The van der Waals surface area contributed by atoms with Gasteiger partial charge in [0.05, 0.1) is 13.4 Å². The number of methoxy groups -OCH3 is 1. The molecule has 15 heavy (non-hydrogen) atoms. The number of hydrogen-bond acceptors (Lipinski definition) is 4. The number of aryl methyl sites for hydroxylation is 1. The maximum absolute atomic E-state index is 12.0. The third-order valence-electron chi connectivity index (χ3n) is 2.12. The zero-order valence-electron chi connectivity index (χ0n) is 8.44. The van der Waals surface area contributed by atoms with Crippen LogP contribution in [0.1, 0.15) is 21.0 Å². The van der Waals surface area contributed by atoms with E-state index in [1.807, 2.05) is 12.3 Å². The van der Waals surface area contributed by atoms with E-state index in [0.717, 1.165) is 5.56 Å². The Bertz CT molecular complexity index is 481. The molecule has 3 nitrogen and oxygen atoms in total. The molecule has 0 radical (unpaired) electrons. The number of carbonyl (C=O) groups excluding carboxylic acids is 1. The van der Waals surface area contributed by atoms with Gasteiger partial charge in [0.2, 0.25) is 5.78 Å². The SMILES string of the molecule is COc1ccsc1C(=O)c1occc1C. The predicted octanol–water partition coefficient (Wildman–Crippen LogP) is 2.89. The van der Waals surface area contributed by atoms with Gasteiger partial charge in [-0.1, -0.05) is 0 Å². The van der Waals surface area contributed by atoms with Gasteiger partial charge < -0.3 is 9.15 Å². The van der Waals surface area contributed by atoms with Crippen molar-refractivity contribution in [2.24, 2.45) is 0 Å². The molecule has 0 atom stereocenters. The molecule has 2 rings (SSSR count). The van der Waals surface area contributed by atoms with Crippen LogP contribution in [0.15, 0.2) is 28.2 Å². The number of carbonyl (C=O) groups is 1. The highest BCUT2D eigenvalue weighted by Gasteiger charge is 2.20. The fraction of sp³-hybridized carbons (Fsp3) is 0.182. The van der Waals surface area contributed by atoms with Crippen LogP contribution in [-0.2, 0) is 0 Å². The third-order valence-corrected chi connectivity index (χ3v) is 3.02. The largest absolute Gasteiger partial charge is 0.495 e. The summed E-state index contributed by atoms with van der Waals surface area (Å²) in [6.45, 7) is 1.84. The molecule has 2 aromatic heterocycles. The first-order valence-electron chi connectivity index (χ1n) is 4.44. The predicted molar refractivity (Wildman–Crippen MR) is 57.7 cm³/mol. The fourth-order valence-corrected chi connectivity index (χ4v) is 2.13. The third kappa shape index (κ3) is 1.68. The molecule has 0 bridgehead atoms. The van der Waals surface area contributed by atoms with Crippen molar-refractivity contribution in [3.05, 3.63) is 40.0 Å². The van der Waals surface area contributed by atoms with E-state index in [4.69, 9.17) is 9.15 Å². The average molecular weight is 222 g/mol. The Morgan fingerprint density at radius 1 is 1.47 bits per heavy atom. The molecule has 4 heteroatoms. The van der Waals surface area contributed by atoms with Crippen molar-refractivity contribution in [1.29, 1.82) is 0 Å². The zero-order chi connectivity index (χ0) is 10.8. The molecule has 0 fully saturated rings. The van der Waals surface area contributed by atoms with Crippen LogP contribution in [0.25, 0.3) is 0 Å². The van der Waals surface area contributed by atoms with Crippen molar-refractivity contribution in [3.8, 4) is 5.75 Å². The highest BCUT2D eigenvalue weighted by atomic mass is 32.1. The molecule has 2 heterocycles. The molecule has 0 saturated carbocycles. The van der Waals surface area contributed by atoms with Gasteiger partial charge in [-0.3, -0.25) is 4.79 Å². The fourth-order valence-electron chi connectivity index (χ4n) is 1.33. The highest BCUT2D eigenvalue weighted by Crippen LogP contribution is 2.28. The lowest BCUT2D eigenvalue weighted by Crippen LogP contribution is -2.00. The number of ether oxygens (including phenoxy) is 1. The van der Waals surface area contributed by atoms with Gasteiger partial charge in [-0.2, -0.15) is 0 Å². The van der Waals surface area contributed by atoms with Crippen molar-refractivity contribution in [1.82, 2.24) is 0 Å². The zero-order valence-corrected chi connectivity index (χ0v) is 9.26. The molecule has 0 saturated heterocycles. The van der Waals surface area contributed by atoms with Gasteiger partial charge in [-0.15, -0.1) is 11.3 Å². The second-order valence-electron chi connectivity index (χ2n) is 3.08. The summed E-state index contributed by atoms with van der Waals surface area (Å²) >= 11 is 1.35. The van der Waals surface area contributed by atoms with Gasteiger partial charge >= 0.3 is 0 Å². The molecule has 0 aliphatic carbocycles. The quantitative estimate of drug-likeness (QED) is 0.749. The summed E-state index contributed by atoms with van der Waals surface area (Å²) < 4.78 is 10.2. The van der Waals surface area contributed by atoms with Gasteiger partial charge in [-0.25, -0.2) is 0 Å². The number of ketones is 1. The number of rotatable bonds is 3. The van der Waals surface area contributed by atoms with Gasteiger partial charge in [0.1, 0.15) is 10.6 Å². The van der Waals surface area contributed by atoms with Crippen LogP contribution in [0, 0.1) is 6.92 Å². The summed E-state index contributed by atoms with van der Waals surface area (Å²) in [6.07, 6.45) is 1.52. The minimum absolute atomic E-state index is 0.121. The van der Waals surface area contributed by atoms with Gasteiger partial charge in [0.15, 0.2) is 5.76 Å². The summed E-state index contributed by atoms with van der Waals surface area (Å²) in [7, 11) is 1.55. The van der Waals surface area contributed by atoms with Crippen molar-refractivity contribution in [3.63, 3.8) is 0 Å². The number of hydrogen-bond donors (Lipinski definition) is 0. The van der Waals surface area contributed by atoms with Crippen LogP contribution in [0.5, 0.6) is 5.75 Å². The number of furan rings is 1. The second kappa shape index (κ2) is 3.90. The Morgan fingerprint density at radius 2 is 2.27 bits per heavy atom. The average Bonchev–Trinajstić information content (AvgIpc) is 2.84. The monoisotopic (exact) mass is 222 g/mol. The molecule has 0 aliphatic heterocycles. The van der Waals surface area contributed by atoms with E-state index in [9.17, 15) is 4.79 Å². The van der Waals surface area contributed by atoms with E-state index < -0.39 is 0 Å². The minimum atomic E-state index is -0.121. The summed E-state index contributed by atoms with van der Waals surface area (Å²) in [5.74, 6) is 0.862. The van der Waals surface area contributed by atoms with Crippen molar-refractivity contribution >= 4 is 17.1 Å². The second-order valence-corrected chi connectivity index (χ2v) is 4.00. The van der Waals surface area contributed by atoms with Crippen molar-refractivity contribution in [2.75, 3.05) is 7.11 Å². The molecule has 0 unspecified atom stereocenters. The first kappa shape index (κ1) is 9.98. The van der Waals surface area contributed by atoms with E-state index in [0.29, 0.717) is 16.4 Å². The number of thiophene rings is 1. The lowest BCUT2D eigenvalue weighted by Gasteiger charge is -1.99. The maximum atomic E-state index is 12.0. The summed E-state index contributed by atoms with van der Waals surface area (Å²) in [5, 5.41) is 1.82. The Hall–Kier alpha value is -1.55. The first-order valence-corrected chi connectivity index (χ1v) is 5.32. The lowest BCUT2D eigenvalue weighted by molar-refractivity contribution is 0.101. The van der Waals surface area contributed by atoms with E-state index in [1.54, 1.807) is 19.2 Å². The summed E-state index contributed by atoms with van der Waals surface area (Å²) in [4.78, 5) is 12.6. The van der Waals surface area contributed by atoms with E-state index in [2.05, 4.69) is 0 Å². The molecular formula is C11H10O3S. The maximum Gasteiger partial charge on any atom is 0.242 e. The molecule has 0 aliphatic rings. The molecule has 0 amide bonds. The summed E-state index contributed by atoms with van der Waals surface area (Å²) in [5.41, 5.74) is 0.843. The summed E-state index contributed by atoms with van der Waals surface area (Å²) in [6, 6.07) is 3.55.